The van der Waals surface area contributed by atoms with Gasteiger partial charge in [-0.15, -0.1) is 0 Å². The van der Waals surface area contributed by atoms with Crippen molar-refractivity contribution in [3.05, 3.63) is 0 Å². The first-order valence-corrected chi connectivity index (χ1v) is 6.95. The first-order chi connectivity index (χ1) is 8.45. The van der Waals surface area contributed by atoms with E-state index in [1.54, 1.807) is 0 Å². The minimum absolute atomic E-state index is 0.0492. The monoisotopic (exact) mass is 262 g/mol. The van der Waals surface area contributed by atoms with Crippen LogP contribution in [0.5, 0.6) is 0 Å². The van der Waals surface area contributed by atoms with Gasteiger partial charge in [0.25, 0.3) is 0 Å². The van der Waals surface area contributed by atoms with Crippen LogP contribution in [-0.4, -0.2) is 47.8 Å². The maximum absolute atomic E-state index is 9.02. The van der Waals surface area contributed by atoms with E-state index in [1.165, 1.54) is 0 Å². The Bertz CT molecular complexity index is 210. The molecule has 0 saturated carbocycles. The highest BCUT2D eigenvalue weighted by atomic mass is 16.5. The molecule has 0 spiro atoms. The summed E-state index contributed by atoms with van der Waals surface area (Å²) in [5, 5.41) is 17.8. The lowest BCUT2D eigenvalue weighted by Gasteiger charge is -2.32. The van der Waals surface area contributed by atoms with Gasteiger partial charge in [0.1, 0.15) is 0 Å². The van der Waals surface area contributed by atoms with Crippen molar-refractivity contribution in [2.75, 3.05) is 26.4 Å². The summed E-state index contributed by atoms with van der Waals surface area (Å²) in [6.45, 7) is 9.39. The van der Waals surface area contributed by atoms with Gasteiger partial charge in [0.05, 0.1) is 31.0 Å². The molecular formula is C14H30O4. The molecule has 0 heterocycles. The topological polar surface area (TPSA) is 58.9 Å². The van der Waals surface area contributed by atoms with E-state index in [-0.39, 0.29) is 24.4 Å². The van der Waals surface area contributed by atoms with Crippen LogP contribution in [0.3, 0.4) is 0 Å². The van der Waals surface area contributed by atoms with Crippen LogP contribution in [0.2, 0.25) is 0 Å². The lowest BCUT2D eigenvalue weighted by Crippen LogP contribution is -2.35. The molecule has 4 heteroatoms. The van der Waals surface area contributed by atoms with Crippen molar-refractivity contribution < 1.29 is 19.7 Å². The van der Waals surface area contributed by atoms with E-state index in [9.17, 15) is 0 Å². The van der Waals surface area contributed by atoms with E-state index >= 15 is 0 Å². The predicted octanol–water partition coefficient (Wildman–Crippen LogP) is 2.12. The van der Waals surface area contributed by atoms with Crippen LogP contribution < -0.4 is 0 Å². The smallest absolute Gasteiger partial charge is 0.0705 e. The maximum Gasteiger partial charge on any atom is 0.0705 e. The van der Waals surface area contributed by atoms with Gasteiger partial charge in [-0.3, -0.25) is 0 Å². The van der Waals surface area contributed by atoms with E-state index in [0.717, 1.165) is 19.3 Å². The molecule has 0 aromatic heterocycles. The van der Waals surface area contributed by atoms with Crippen LogP contribution in [0, 0.1) is 0 Å². The second-order valence-corrected chi connectivity index (χ2v) is 5.25. The molecule has 0 saturated heterocycles. The molecule has 0 aliphatic heterocycles. The van der Waals surface area contributed by atoms with Crippen molar-refractivity contribution in [2.45, 2.75) is 64.6 Å². The zero-order valence-corrected chi connectivity index (χ0v) is 12.4. The Morgan fingerprint density at radius 2 is 1.28 bits per heavy atom. The first-order valence-electron chi connectivity index (χ1n) is 6.95. The largest absolute Gasteiger partial charge is 0.396 e. The van der Waals surface area contributed by atoms with Gasteiger partial charge >= 0.3 is 0 Å². The lowest BCUT2D eigenvalue weighted by molar-refractivity contribution is -0.0978. The molecule has 0 radical (unpaired) electrons. The number of aliphatic hydroxyl groups is 2. The summed E-state index contributed by atoms with van der Waals surface area (Å²) in [4.78, 5) is 0. The van der Waals surface area contributed by atoms with Gasteiger partial charge in [0.2, 0.25) is 0 Å². The molecule has 0 amide bonds. The molecule has 18 heavy (non-hydrogen) atoms. The van der Waals surface area contributed by atoms with Gasteiger partial charge in [-0.2, -0.15) is 0 Å². The number of hydrogen-bond acceptors (Lipinski definition) is 4. The number of hydrogen-bond donors (Lipinski definition) is 2. The summed E-state index contributed by atoms with van der Waals surface area (Å²) in [6, 6.07) is 0. The van der Waals surface area contributed by atoms with Crippen LogP contribution >= 0.6 is 0 Å². The molecule has 0 aromatic carbocycles. The highest BCUT2D eigenvalue weighted by Crippen LogP contribution is 2.24. The van der Waals surface area contributed by atoms with Crippen molar-refractivity contribution in [1.29, 1.82) is 0 Å². The quantitative estimate of drug-likeness (QED) is 0.599. The molecule has 0 bridgehead atoms. The second-order valence-electron chi connectivity index (χ2n) is 5.25. The Morgan fingerprint density at radius 3 is 1.72 bits per heavy atom. The van der Waals surface area contributed by atoms with Crippen molar-refractivity contribution in [2.24, 2.45) is 0 Å². The maximum atomic E-state index is 9.02. The van der Waals surface area contributed by atoms with Gasteiger partial charge in [-0.05, 0) is 39.5 Å². The van der Waals surface area contributed by atoms with Crippen LogP contribution in [-0.2, 0) is 9.47 Å². The van der Waals surface area contributed by atoms with E-state index in [2.05, 4.69) is 13.8 Å². The minimum Gasteiger partial charge on any atom is -0.396 e. The molecule has 0 aliphatic rings. The highest BCUT2D eigenvalue weighted by Gasteiger charge is 2.26. The SMILES string of the molecule is CCC(C)(CCO)OCCC(C)(CC)OCCO. The predicted molar refractivity (Wildman–Crippen MR) is 72.7 cm³/mol. The number of ether oxygens (including phenoxy) is 2. The summed E-state index contributed by atoms with van der Waals surface area (Å²) in [5.41, 5.74) is -0.489. The van der Waals surface area contributed by atoms with E-state index < -0.39 is 0 Å². The summed E-state index contributed by atoms with van der Waals surface area (Å²) in [6.07, 6.45) is 3.22. The average Bonchev–Trinajstić information content (AvgIpc) is 2.36. The van der Waals surface area contributed by atoms with Crippen LogP contribution in [0.4, 0.5) is 0 Å². The Morgan fingerprint density at radius 1 is 0.778 bits per heavy atom. The van der Waals surface area contributed by atoms with Gasteiger partial charge < -0.3 is 19.7 Å². The summed E-state index contributed by atoms with van der Waals surface area (Å²) in [7, 11) is 0. The second kappa shape index (κ2) is 8.86. The van der Waals surface area contributed by atoms with Crippen LogP contribution in [0.15, 0.2) is 0 Å². The standard InChI is InChI=1S/C14H30O4/c1-5-13(3,7-9-15)17-11-8-14(4,6-2)18-12-10-16/h15-16H,5-12H2,1-4H3. The molecule has 2 unspecified atom stereocenters. The molecule has 0 aliphatic carbocycles. The number of rotatable bonds is 11. The molecule has 2 N–H and O–H groups in total. The fourth-order valence-electron chi connectivity index (χ4n) is 1.74. The third kappa shape index (κ3) is 6.69. The van der Waals surface area contributed by atoms with Gasteiger partial charge in [0.15, 0.2) is 0 Å². The molecule has 0 aromatic rings. The molecule has 0 rings (SSSR count). The summed E-state index contributed by atoms with van der Waals surface area (Å²) in [5.74, 6) is 0. The Kier molecular flexibility index (Phi) is 8.78. The van der Waals surface area contributed by atoms with Crippen molar-refractivity contribution in [3.63, 3.8) is 0 Å². The fourth-order valence-corrected chi connectivity index (χ4v) is 1.74. The first kappa shape index (κ1) is 17.8. The fraction of sp³-hybridized carbons (Fsp3) is 1.00. The van der Waals surface area contributed by atoms with E-state index in [1.807, 2.05) is 13.8 Å². The molecular weight excluding hydrogens is 232 g/mol. The Labute approximate surface area is 111 Å². The average molecular weight is 262 g/mol. The molecule has 110 valence electrons. The van der Waals surface area contributed by atoms with Crippen LogP contribution in [0.1, 0.15) is 53.4 Å². The van der Waals surface area contributed by atoms with Crippen molar-refractivity contribution in [1.82, 2.24) is 0 Å². The molecule has 4 nitrogen and oxygen atoms in total. The van der Waals surface area contributed by atoms with E-state index in [0.29, 0.717) is 19.6 Å². The zero-order chi connectivity index (χ0) is 14.1. The van der Waals surface area contributed by atoms with Gasteiger partial charge in [-0.25, -0.2) is 0 Å². The minimum atomic E-state index is -0.250. The number of aliphatic hydroxyl groups excluding tert-OH is 2. The normalized spacial score (nSPS) is 18.3. The van der Waals surface area contributed by atoms with Crippen molar-refractivity contribution >= 4 is 0 Å². The molecule has 2 atom stereocenters. The Hall–Kier alpha value is -0.160. The lowest BCUT2D eigenvalue weighted by atomic mass is 9.97. The van der Waals surface area contributed by atoms with Gasteiger partial charge in [-0.1, -0.05) is 13.8 Å². The van der Waals surface area contributed by atoms with Crippen molar-refractivity contribution in [3.8, 4) is 0 Å². The van der Waals surface area contributed by atoms with E-state index in [4.69, 9.17) is 19.7 Å². The summed E-state index contributed by atoms with van der Waals surface area (Å²) >= 11 is 0. The summed E-state index contributed by atoms with van der Waals surface area (Å²) < 4.78 is 11.6. The third-order valence-electron chi connectivity index (χ3n) is 3.76. The highest BCUT2D eigenvalue weighted by molar-refractivity contribution is 4.76. The Balaban J connectivity index is 4.12. The van der Waals surface area contributed by atoms with Gasteiger partial charge in [0, 0.05) is 6.61 Å². The zero-order valence-electron chi connectivity index (χ0n) is 12.4. The molecule has 0 fully saturated rings. The van der Waals surface area contributed by atoms with Crippen LogP contribution in [0.25, 0.3) is 0 Å². The third-order valence-corrected chi connectivity index (χ3v) is 3.76.